The Kier molecular flexibility index (Phi) is 7.19. The molecule has 1 amide bonds. The first kappa shape index (κ1) is 24.4. The van der Waals surface area contributed by atoms with Gasteiger partial charge in [-0.1, -0.05) is 24.3 Å². The van der Waals surface area contributed by atoms with E-state index in [0.29, 0.717) is 28.8 Å². The number of carbonyl (C=O) groups is 2. The van der Waals surface area contributed by atoms with Crippen molar-refractivity contribution in [3.05, 3.63) is 65.7 Å². The van der Waals surface area contributed by atoms with Gasteiger partial charge in [0.15, 0.2) is 11.6 Å². The number of methoxy groups -OCH3 is 1. The molecule has 1 fully saturated rings. The summed E-state index contributed by atoms with van der Waals surface area (Å²) in [5, 5.41) is 7.48. The molecule has 0 radical (unpaired) electrons. The summed E-state index contributed by atoms with van der Waals surface area (Å²) in [6, 6.07) is 12.5. The summed E-state index contributed by atoms with van der Waals surface area (Å²) in [4.78, 5) is 24.1. The molecule has 8 heteroatoms. The first-order chi connectivity index (χ1) is 16.8. The van der Waals surface area contributed by atoms with Crippen LogP contribution < -0.4 is 10.1 Å². The Morgan fingerprint density at radius 2 is 1.94 bits per heavy atom. The number of carbonyl (C=O) groups excluding carboxylic acids is 2. The molecule has 2 unspecified atom stereocenters. The van der Waals surface area contributed by atoms with Crippen LogP contribution in [0.3, 0.4) is 0 Å². The van der Waals surface area contributed by atoms with Gasteiger partial charge in [-0.25, -0.2) is 13.9 Å². The average molecular weight is 480 g/mol. The lowest BCUT2D eigenvalue weighted by molar-refractivity contribution is -0.119. The molecule has 184 valence electrons. The Morgan fingerprint density at radius 3 is 2.66 bits per heavy atom. The van der Waals surface area contributed by atoms with Gasteiger partial charge in [0, 0.05) is 24.4 Å². The number of benzene rings is 2. The first-order valence-corrected chi connectivity index (χ1v) is 11.8. The molecule has 0 bridgehead atoms. The zero-order valence-corrected chi connectivity index (χ0v) is 20.4. The van der Waals surface area contributed by atoms with Gasteiger partial charge in [0.1, 0.15) is 5.56 Å². The van der Waals surface area contributed by atoms with E-state index < -0.39 is 11.8 Å². The van der Waals surface area contributed by atoms with Gasteiger partial charge in [-0.15, -0.1) is 0 Å². The number of hydrogen-bond acceptors (Lipinski definition) is 5. The van der Waals surface area contributed by atoms with Crippen LogP contribution in [0.4, 0.5) is 4.39 Å². The molecule has 1 N–H and O–H groups in total. The van der Waals surface area contributed by atoms with Crippen molar-refractivity contribution in [1.82, 2.24) is 15.1 Å². The van der Waals surface area contributed by atoms with E-state index in [4.69, 9.17) is 9.47 Å². The summed E-state index contributed by atoms with van der Waals surface area (Å²) in [5.74, 6) is -0.758. The zero-order valence-electron chi connectivity index (χ0n) is 20.4. The maximum absolute atomic E-state index is 15.2. The van der Waals surface area contributed by atoms with Gasteiger partial charge in [0.25, 0.3) is 0 Å². The highest BCUT2D eigenvalue weighted by Gasteiger charge is 2.33. The number of nitrogens with one attached hydrogen (secondary N) is 1. The molecule has 7 nitrogen and oxygen atoms in total. The fourth-order valence-electron chi connectivity index (χ4n) is 4.76. The molecule has 4 rings (SSSR count). The van der Waals surface area contributed by atoms with Gasteiger partial charge in [0.2, 0.25) is 5.91 Å². The zero-order chi connectivity index (χ0) is 25.1. The van der Waals surface area contributed by atoms with Crippen molar-refractivity contribution in [2.75, 3.05) is 7.11 Å². The molecular formula is C27H30FN3O4. The summed E-state index contributed by atoms with van der Waals surface area (Å²) in [6.07, 6.45) is 3.66. The Labute approximate surface area is 204 Å². The summed E-state index contributed by atoms with van der Waals surface area (Å²) >= 11 is 0. The molecule has 1 heterocycles. The lowest BCUT2D eigenvalue weighted by atomic mass is 9.99. The number of halogens is 1. The van der Waals surface area contributed by atoms with Crippen LogP contribution >= 0.6 is 0 Å². The SMILES string of the molecule is COC(=O)c1cnn(-c2cccc(-c3cccc(OC(C)C)c3F)c2)c1C1CCC(NC(C)=O)C1. The van der Waals surface area contributed by atoms with Gasteiger partial charge >= 0.3 is 5.97 Å². The summed E-state index contributed by atoms with van der Waals surface area (Å²) in [5.41, 5.74) is 2.91. The van der Waals surface area contributed by atoms with E-state index in [2.05, 4.69) is 10.4 Å². The predicted octanol–water partition coefficient (Wildman–Crippen LogP) is 5.02. The number of ether oxygens (including phenoxy) is 2. The predicted molar refractivity (Wildman–Crippen MR) is 130 cm³/mol. The second-order valence-corrected chi connectivity index (χ2v) is 9.09. The highest BCUT2D eigenvalue weighted by molar-refractivity contribution is 5.90. The van der Waals surface area contributed by atoms with Gasteiger partial charge in [0.05, 0.1) is 30.8 Å². The number of nitrogens with zero attached hydrogens (tertiary/aromatic N) is 2. The molecule has 0 saturated heterocycles. The third kappa shape index (κ3) is 5.21. The molecule has 35 heavy (non-hydrogen) atoms. The molecule has 1 saturated carbocycles. The first-order valence-electron chi connectivity index (χ1n) is 11.8. The van der Waals surface area contributed by atoms with Crippen molar-refractivity contribution < 1.29 is 23.5 Å². The Morgan fingerprint density at radius 1 is 1.17 bits per heavy atom. The summed E-state index contributed by atoms with van der Waals surface area (Å²) < 4.78 is 27.6. The highest BCUT2D eigenvalue weighted by Crippen LogP contribution is 2.38. The normalized spacial score (nSPS) is 17.4. The Balaban J connectivity index is 1.74. The number of amides is 1. The lowest BCUT2D eigenvalue weighted by Gasteiger charge is -2.17. The molecule has 1 aliphatic rings. The van der Waals surface area contributed by atoms with Crippen molar-refractivity contribution in [3.63, 3.8) is 0 Å². The third-order valence-electron chi connectivity index (χ3n) is 6.17. The summed E-state index contributed by atoms with van der Waals surface area (Å²) in [7, 11) is 1.34. The average Bonchev–Trinajstić information content (AvgIpc) is 3.46. The number of aromatic nitrogens is 2. The van der Waals surface area contributed by atoms with Crippen LogP contribution in [0.15, 0.2) is 48.7 Å². The summed E-state index contributed by atoms with van der Waals surface area (Å²) in [6.45, 7) is 5.21. The number of esters is 1. The van der Waals surface area contributed by atoms with Crippen LogP contribution in [-0.2, 0) is 9.53 Å². The topological polar surface area (TPSA) is 82.4 Å². The van der Waals surface area contributed by atoms with Crippen molar-refractivity contribution in [3.8, 4) is 22.6 Å². The minimum Gasteiger partial charge on any atom is -0.488 e. The van der Waals surface area contributed by atoms with E-state index in [0.717, 1.165) is 18.5 Å². The molecule has 0 spiro atoms. The van der Waals surface area contributed by atoms with Crippen molar-refractivity contribution in [2.24, 2.45) is 0 Å². The monoisotopic (exact) mass is 479 g/mol. The van der Waals surface area contributed by atoms with Crippen LogP contribution in [0.25, 0.3) is 16.8 Å². The van der Waals surface area contributed by atoms with Crippen LogP contribution in [0.1, 0.15) is 62.0 Å². The molecule has 2 aromatic carbocycles. The Bertz CT molecular complexity index is 1240. The maximum Gasteiger partial charge on any atom is 0.341 e. The van der Waals surface area contributed by atoms with Crippen molar-refractivity contribution >= 4 is 11.9 Å². The third-order valence-corrected chi connectivity index (χ3v) is 6.17. The fraction of sp³-hybridized carbons (Fsp3) is 0.370. The molecule has 2 atom stereocenters. The molecule has 0 aliphatic heterocycles. The fourth-order valence-corrected chi connectivity index (χ4v) is 4.76. The second-order valence-electron chi connectivity index (χ2n) is 9.09. The van der Waals surface area contributed by atoms with Crippen LogP contribution in [0.2, 0.25) is 0 Å². The van der Waals surface area contributed by atoms with Gasteiger partial charge in [-0.2, -0.15) is 5.10 Å². The van der Waals surface area contributed by atoms with E-state index in [9.17, 15) is 9.59 Å². The minimum absolute atomic E-state index is 0.00612. The van der Waals surface area contributed by atoms with E-state index in [-0.39, 0.29) is 29.7 Å². The minimum atomic E-state index is -0.463. The van der Waals surface area contributed by atoms with E-state index in [1.807, 2.05) is 38.1 Å². The number of rotatable bonds is 7. The standard InChI is InChI=1S/C27H30FN3O4/c1-16(2)35-24-10-6-9-22(25(24)28)18-7-5-8-21(14-18)31-26(23(15-29-31)27(33)34-4)19-11-12-20(13-19)30-17(3)32/h5-10,14-16,19-20H,11-13H2,1-4H3,(H,30,32). The van der Waals surface area contributed by atoms with E-state index in [1.165, 1.54) is 20.2 Å². The van der Waals surface area contributed by atoms with Gasteiger partial charge in [-0.3, -0.25) is 4.79 Å². The molecule has 1 aliphatic carbocycles. The molecule has 1 aromatic heterocycles. The van der Waals surface area contributed by atoms with Crippen LogP contribution in [0.5, 0.6) is 5.75 Å². The van der Waals surface area contributed by atoms with Crippen LogP contribution in [-0.4, -0.2) is 40.9 Å². The van der Waals surface area contributed by atoms with Gasteiger partial charge in [-0.05, 0) is 56.9 Å². The highest BCUT2D eigenvalue weighted by atomic mass is 19.1. The van der Waals surface area contributed by atoms with Crippen LogP contribution in [0, 0.1) is 5.82 Å². The maximum atomic E-state index is 15.2. The second kappa shape index (κ2) is 10.3. The Hall–Kier alpha value is -3.68. The van der Waals surface area contributed by atoms with Crippen molar-refractivity contribution in [2.45, 2.75) is 58.1 Å². The van der Waals surface area contributed by atoms with Gasteiger partial charge < -0.3 is 14.8 Å². The number of hydrogen-bond donors (Lipinski definition) is 1. The quantitative estimate of drug-likeness (QED) is 0.481. The smallest absolute Gasteiger partial charge is 0.341 e. The van der Waals surface area contributed by atoms with E-state index in [1.54, 1.807) is 22.9 Å². The molecule has 3 aromatic rings. The van der Waals surface area contributed by atoms with E-state index >= 15 is 4.39 Å². The van der Waals surface area contributed by atoms with Crippen molar-refractivity contribution in [1.29, 1.82) is 0 Å². The molecular weight excluding hydrogens is 449 g/mol. The largest absolute Gasteiger partial charge is 0.488 e. The lowest BCUT2D eigenvalue weighted by Crippen LogP contribution is -2.30.